The summed E-state index contributed by atoms with van der Waals surface area (Å²) in [5, 5.41) is 4.45. The molecule has 0 saturated carbocycles. The quantitative estimate of drug-likeness (QED) is 0.669. The van der Waals surface area contributed by atoms with Gasteiger partial charge in [-0.25, -0.2) is 0 Å². The smallest absolute Gasteiger partial charge is 0.417 e. The predicted octanol–water partition coefficient (Wildman–Crippen LogP) is 0.963. The van der Waals surface area contributed by atoms with Gasteiger partial charge < -0.3 is 9.88 Å². The van der Waals surface area contributed by atoms with Gasteiger partial charge in [-0.3, -0.25) is 0 Å². The number of rotatable bonds is 3. The molecule has 0 radical (unpaired) electrons. The largest absolute Gasteiger partial charge is 1.00 e. The Morgan fingerprint density at radius 1 is 1.09 bits per heavy atom. The Bertz CT molecular complexity index is 664. The first-order valence-electron chi connectivity index (χ1n) is 8.51. The molecule has 1 N–H and O–H groups in total. The molecular formula is C19H29LiN2Si. The van der Waals surface area contributed by atoms with E-state index < -0.39 is 8.24 Å². The van der Waals surface area contributed by atoms with Crippen LogP contribution in [0.25, 0.3) is 10.8 Å². The maximum absolute atomic E-state index is 3.93. The summed E-state index contributed by atoms with van der Waals surface area (Å²) in [5.74, 6) is 0. The van der Waals surface area contributed by atoms with Crippen LogP contribution in [0.15, 0.2) is 30.3 Å². The van der Waals surface area contributed by atoms with Gasteiger partial charge in [-0.2, -0.15) is 0 Å². The van der Waals surface area contributed by atoms with Crippen LogP contribution < -0.4 is 33.9 Å². The second-order valence-corrected chi connectivity index (χ2v) is 12.2. The van der Waals surface area contributed by atoms with Crippen LogP contribution in [0.2, 0.25) is 13.1 Å². The molecule has 4 heteroatoms. The maximum Gasteiger partial charge on any atom is 1.00 e. The molecule has 0 spiro atoms. The average Bonchev–Trinajstić information content (AvgIpc) is 3.02. The van der Waals surface area contributed by atoms with Gasteiger partial charge in [-0.05, 0) is 33.6 Å². The third-order valence-electron chi connectivity index (χ3n) is 4.58. The van der Waals surface area contributed by atoms with Crippen molar-refractivity contribution in [1.29, 1.82) is 0 Å². The van der Waals surface area contributed by atoms with Crippen molar-refractivity contribution in [2.24, 2.45) is 0 Å². The zero-order valence-electron chi connectivity index (χ0n) is 15.7. The van der Waals surface area contributed by atoms with Gasteiger partial charge in [0, 0.05) is 18.6 Å². The molecule has 2 aromatic carbocycles. The number of anilines is 1. The van der Waals surface area contributed by atoms with E-state index in [1.54, 1.807) is 5.19 Å². The fourth-order valence-electron chi connectivity index (χ4n) is 3.98. The molecule has 1 saturated heterocycles. The number of hydrogen-bond acceptors (Lipinski definition) is 2. The molecular weight excluding hydrogens is 291 g/mol. The molecule has 1 heterocycles. The summed E-state index contributed by atoms with van der Waals surface area (Å²) in [5.41, 5.74) is 1.61. The number of benzene rings is 1. The van der Waals surface area contributed by atoms with Crippen LogP contribution in [0.1, 0.15) is 33.6 Å². The van der Waals surface area contributed by atoms with Gasteiger partial charge in [0.15, 0.2) is 0 Å². The molecule has 120 valence electrons. The molecule has 3 rings (SSSR count). The van der Waals surface area contributed by atoms with Crippen molar-refractivity contribution in [2.45, 2.75) is 52.2 Å². The minimum atomic E-state index is -1.69. The van der Waals surface area contributed by atoms with Crippen LogP contribution in [0.4, 0.5) is 5.69 Å². The van der Waals surface area contributed by atoms with E-state index in [0.29, 0.717) is 0 Å². The van der Waals surface area contributed by atoms with Crippen molar-refractivity contribution in [3.63, 3.8) is 0 Å². The molecule has 0 atom stereocenters. The molecule has 0 bridgehead atoms. The SMILES string of the molecule is CC(C)(C)N[Si](C)(C)[c-]1cc(N2CCCC2)c2ccccc21.[Li+]. The summed E-state index contributed by atoms with van der Waals surface area (Å²) in [6.45, 7) is 14.1. The third-order valence-corrected chi connectivity index (χ3v) is 7.72. The van der Waals surface area contributed by atoms with Crippen LogP contribution in [0.5, 0.6) is 0 Å². The average molecular weight is 320 g/mol. The van der Waals surface area contributed by atoms with Crippen LogP contribution in [-0.4, -0.2) is 26.9 Å². The molecule has 0 unspecified atom stereocenters. The van der Waals surface area contributed by atoms with Crippen molar-refractivity contribution < 1.29 is 18.9 Å². The summed E-state index contributed by atoms with van der Waals surface area (Å²) in [6, 6.07) is 11.5. The second kappa shape index (κ2) is 6.72. The Balaban J connectivity index is 0.00000192. The molecule has 2 nitrogen and oxygen atoms in total. The van der Waals surface area contributed by atoms with Gasteiger partial charge in [-0.15, -0.1) is 40.2 Å². The minimum absolute atomic E-state index is 0. The molecule has 1 aliphatic heterocycles. The first kappa shape index (κ1) is 18.7. The zero-order valence-corrected chi connectivity index (χ0v) is 16.7. The fourth-order valence-corrected chi connectivity index (χ4v) is 7.37. The van der Waals surface area contributed by atoms with Gasteiger partial charge in [0.25, 0.3) is 0 Å². The molecule has 0 aromatic heterocycles. The van der Waals surface area contributed by atoms with E-state index in [4.69, 9.17) is 0 Å². The van der Waals surface area contributed by atoms with Crippen molar-refractivity contribution in [2.75, 3.05) is 18.0 Å². The van der Waals surface area contributed by atoms with E-state index in [1.807, 2.05) is 0 Å². The van der Waals surface area contributed by atoms with Gasteiger partial charge in [0.05, 0.1) is 0 Å². The van der Waals surface area contributed by atoms with Crippen LogP contribution >= 0.6 is 0 Å². The summed E-state index contributed by atoms with van der Waals surface area (Å²) < 4.78 is 0. The first-order valence-corrected chi connectivity index (χ1v) is 11.5. The van der Waals surface area contributed by atoms with E-state index in [9.17, 15) is 0 Å². The minimum Gasteiger partial charge on any atom is -0.417 e. The molecule has 23 heavy (non-hydrogen) atoms. The van der Waals surface area contributed by atoms with Gasteiger partial charge in [-0.1, -0.05) is 24.8 Å². The Morgan fingerprint density at radius 2 is 1.70 bits per heavy atom. The van der Waals surface area contributed by atoms with Crippen molar-refractivity contribution in [1.82, 2.24) is 4.98 Å². The topological polar surface area (TPSA) is 15.3 Å². The summed E-state index contributed by atoms with van der Waals surface area (Å²) in [6.07, 6.45) is 2.66. The van der Waals surface area contributed by atoms with Crippen molar-refractivity contribution in [3.05, 3.63) is 30.3 Å². The number of nitrogens with one attached hydrogen (secondary N) is 1. The van der Waals surface area contributed by atoms with E-state index in [-0.39, 0.29) is 24.4 Å². The Morgan fingerprint density at radius 3 is 2.30 bits per heavy atom. The van der Waals surface area contributed by atoms with Gasteiger partial charge in [0.2, 0.25) is 0 Å². The van der Waals surface area contributed by atoms with Crippen LogP contribution in [0.3, 0.4) is 0 Å². The number of fused-ring (bicyclic) bond motifs is 1. The van der Waals surface area contributed by atoms with E-state index in [0.717, 1.165) is 0 Å². The van der Waals surface area contributed by atoms with E-state index in [1.165, 1.54) is 42.4 Å². The molecule has 2 aromatic rings. The summed E-state index contributed by atoms with van der Waals surface area (Å²) in [4.78, 5) is 6.50. The normalized spacial score (nSPS) is 16.0. The third kappa shape index (κ3) is 3.91. The molecule has 0 aliphatic carbocycles. The zero-order chi connectivity index (χ0) is 16.0. The Labute approximate surface area is 154 Å². The van der Waals surface area contributed by atoms with E-state index in [2.05, 4.69) is 74.1 Å². The van der Waals surface area contributed by atoms with Crippen molar-refractivity contribution >= 4 is 29.9 Å². The molecule has 1 fully saturated rings. The summed E-state index contributed by atoms with van der Waals surface area (Å²) in [7, 11) is -1.69. The van der Waals surface area contributed by atoms with Crippen LogP contribution in [0, 0.1) is 0 Å². The van der Waals surface area contributed by atoms with Gasteiger partial charge in [0.1, 0.15) is 8.24 Å². The predicted molar refractivity (Wildman–Crippen MR) is 101 cm³/mol. The Hall–Kier alpha value is -0.596. The molecule has 0 amide bonds. The number of nitrogens with zero attached hydrogens (tertiary/aromatic N) is 1. The molecule has 1 aliphatic rings. The maximum atomic E-state index is 3.93. The number of hydrogen-bond donors (Lipinski definition) is 1. The van der Waals surface area contributed by atoms with Crippen molar-refractivity contribution in [3.8, 4) is 0 Å². The van der Waals surface area contributed by atoms with Gasteiger partial charge >= 0.3 is 18.9 Å². The Kier molecular flexibility index (Phi) is 5.48. The van der Waals surface area contributed by atoms with E-state index >= 15 is 0 Å². The first-order chi connectivity index (χ1) is 10.3. The standard InChI is InChI=1S/C19H29N2Si.Li/c1-19(2,3)20-22(4,5)18-14-17(21-12-8-9-13-21)15-10-6-7-11-16(15)18;/h6-7,10-11,14,20H,8-9,12-13H2,1-5H3;/q-1;+1. The summed E-state index contributed by atoms with van der Waals surface area (Å²) >= 11 is 0. The van der Waals surface area contributed by atoms with Crippen LogP contribution in [-0.2, 0) is 0 Å². The monoisotopic (exact) mass is 320 g/mol. The fraction of sp³-hybridized carbons (Fsp3) is 0.526. The second-order valence-electron chi connectivity index (χ2n) is 8.18.